The first-order valence-electron chi connectivity index (χ1n) is 8.78. The van der Waals surface area contributed by atoms with Gasteiger partial charge in [0, 0.05) is 11.1 Å². The van der Waals surface area contributed by atoms with Gasteiger partial charge in [-0.1, -0.05) is 12.1 Å². The second-order valence-corrected chi connectivity index (χ2v) is 5.98. The van der Waals surface area contributed by atoms with Crippen molar-refractivity contribution in [3.8, 4) is 17.2 Å². The van der Waals surface area contributed by atoms with Crippen LogP contribution >= 0.6 is 0 Å². The van der Waals surface area contributed by atoms with Crippen molar-refractivity contribution in [3.63, 3.8) is 0 Å². The Labute approximate surface area is 176 Å². The van der Waals surface area contributed by atoms with Crippen LogP contribution in [0.2, 0.25) is 0 Å². The molecule has 166 valence electrons. The number of rotatable bonds is 8. The molecule has 0 aliphatic carbocycles. The number of nitrogens with zero attached hydrogens (tertiary/aromatic N) is 1. The van der Waals surface area contributed by atoms with E-state index >= 15 is 0 Å². The average Bonchev–Trinajstić information content (AvgIpc) is 2.76. The first kappa shape index (κ1) is 23.5. The Morgan fingerprint density at radius 2 is 1.65 bits per heavy atom. The van der Waals surface area contributed by atoms with Crippen molar-refractivity contribution >= 4 is 17.5 Å². The fraction of sp³-hybridized carbons (Fsp3) is 0.250. The van der Waals surface area contributed by atoms with Gasteiger partial charge < -0.3 is 19.5 Å². The maximum Gasteiger partial charge on any atom is 0.435 e. The quantitative estimate of drug-likeness (QED) is 0.487. The summed E-state index contributed by atoms with van der Waals surface area (Å²) in [6, 6.07) is 9.49. The van der Waals surface area contributed by atoms with E-state index in [0.717, 1.165) is 6.07 Å². The molecule has 0 bridgehead atoms. The average molecular weight is 439 g/mol. The number of alkyl halides is 3. The first-order valence-corrected chi connectivity index (χ1v) is 8.78. The number of methoxy groups -OCH3 is 3. The normalized spacial score (nSPS) is 11.5. The first-order chi connectivity index (χ1) is 14.7. The Hall–Kier alpha value is -3.76. The summed E-state index contributed by atoms with van der Waals surface area (Å²) in [5.74, 6) is -0.675. The van der Waals surface area contributed by atoms with Gasteiger partial charge in [0.15, 0.2) is 17.2 Å². The number of hydrazone groups is 1. The van der Waals surface area contributed by atoms with Gasteiger partial charge >= 0.3 is 6.18 Å². The van der Waals surface area contributed by atoms with Crippen LogP contribution in [0.25, 0.3) is 0 Å². The van der Waals surface area contributed by atoms with Crippen molar-refractivity contribution in [1.29, 1.82) is 0 Å². The number of amides is 2. The van der Waals surface area contributed by atoms with E-state index in [-0.39, 0.29) is 16.9 Å². The molecule has 2 N–H and O–H groups in total. The van der Waals surface area contributed by atoms with Crippen LogP contribution in [0.5, 0.6) is 17.2 Å². The van der Waals surface area contributed by atoms with Gasteiger partial charge in [-0.25, -0.2) is 5.43 Å². The van der Waals surface area contributed by atoms with Crippen LogP contribution in [0.3, 0.4) is 0 Å². The van der Waals surface area contributed by atoms with E-state index in [0.29, 0.717) is 11.5 Å². The number of benzene rings is 2. The zero-order valence-electron chi connectivity index (χ0n) is 16.9. The molecular formula is C20H20F3N3O5. The molecule has 0 heterocycles. The Balaban J connectivity index is 2.06. The Morgan fingerprint density at radius 3 is 2.26 bits per heavy atom. The Kier molecular flexibility index (Phi) is 7.83. The van der Waals surface area contributed by atoms with E-state index in [1.165, 1.54) is 57.7 Å². The monoisotopic (exact) mass is 439 g/mol. The fourth-order valence-electron chi connectivity index (χ4n) is 2.46. The minimum atomic E-state index is -4.83. The molecule has 0 atom stereocenters. The molecule has 0 saturated carbocycles. The van der Waals surface area contributed by atoms with Gasteiger partial charge in [-0.15, -0.1) is 0 Å². The SMILES string of the molecule is COc1cccc(C(=NNC(=O)CNC(=O)c2ccc(OC)c(OC)c2)C(F)(F)F)c1. The smallest absolute Gasteiger partial charge is 0.435 e. The molecule has 2 aromatic carbocycles. The third kappa shape index (κ3) is 6.36. The maximum absolute atomic E-state index is 13.3. The van der Waals surface area contributed by atoms with Crippen LogP contribution in [0.1, 0.15) is 15.9 Å². The summed E-state index contributed by atoms with van der Waals surface area (Å²) >= 11 is 0. The van der Waals surface area contributed by atoms with E-state index in [4.69, 9.17) is 14.2 Å². The van der Waals surface area contributed by atoms with Crippen molar-refractivity contribution in [2.75, 3.05) is 27.9 Å². The van der Waals surface area contributed by atoms with Crippen LogP contribution in [0.15, 0.2) is 47.6 Å². The van der Waals surface area contributed by atoms with Crippen molar-refractivity contribution in [2.24, 2.45) is 5.10 Å². The van der Waals surface area contributed by atoms with Crippen molar-refractivity contribution in [2.45, 2.75) is 6.18 Å². The molecule has 0 saturated heterocycles. The molecule has 0 aliphatic heterocycles. The molecule has 0 aliphatic rings. The lowest BCUT2D eigenvalue weighted by Crippen LogP contribution is -2.36. The molecule has 0 radical (unpaired) electrons. The van der Waals surface area contributed by atoms with E-state index in [1.54, 1.807) is 5.43 Å². The Morgan fingerprint density at radius 1 is 0.935 bits per heavy atom. The molecule has 0 aromatic heterocycles. The fourth-order valence-corrected chi connectivity index (χ4v) is 2.46. The molecule has 8 nitrogen and oxygen atoms in total. The van der Waals surface area contributed by atoms with Crippen LogP contribution < -0.4 is 25.0 Å². The van der Waals surface area contributed by atoms with Crippen LogP contribution in [0.4, 0.5) is 13.2 Å². The maximum atomic E-state index is 13.3. The highest BCUT2D eigenvalue weighted by Gasteiger charge is 2.37. The largest absolute Gasteiger partial charge is 0.497 e. The molecule has 31 heavy (non-hydrogen) atoms. The predicted molar refractivity (Wildman–Crippen MR) is 106 cm³/mol. The molecule has 2 aromatic rings. The second kappa shape index (κ2) is 10.3. The standard InChI is InChI=1S/C20H20F3N3O5/c1-29-14-6-4-5-12(9-14)18(20(21,22)23)26-25-17(27)11-24-19(28)13-7-8-15(30-2)16(10-13)31-3/h4-10H,11H2,1-3H3,(H,24,28)(H,25,27). The molecular weight excluding hydrogens is 419 g/mol. The lowest BCUT2D eigenvalue weighted by atomic mass is 10.1. The number of hydrogen-bond donors (Lipinski definition) is 2. The minimum Gasteiger partial charge on any atom is -0.497 e. The number of ether oxygens (including phenoxy) is 3. The number of carbonyl (C=O) groups is 2. The van der Waals surface area contributed by atoms with Gasteiger partial charge in [-0.05, 0) is 30.3 Å². The number of nitrogens with one attached hydrogen (secondary N) is 2. The number of carbonyl (C=O) groups excluding carboxylic acids is 2. The topological polar surface area (TPSA) is 98.2 Å². The van der Waals surface area contributed by atoms with Gasteiger partial charge in [0.1, 0.15) is 5.75 Å². The van der Waals surface area contributed by atoms with Crippen molar-refractivity contribution in [3.05, 3.63) is 53.6 Å². The van der Waals surface area contributed by atoms with Crippen LogP contribution in [-0.4, -0.2) is 51.6 Å². The summed E-state index contributed by atoms with van der Waals surface area (Å²) in [4.78, 5) is 24.1. The van der Waals surface area contributed by atoms with Gasteiger partial charge in [-0.2, -0.15) is 18.3 Å². The van der Waals surface area contributed by atoms with Crippen LogP contribution in [0, 0.1) is 0 Å². The summed E-state index contributed by atoms with van der Waals surface area (Å²) in [5.41, 5.74) is 0.365. The van der Waals surface area contributed by atoms with E-state index in [2.05, 4.69) is 10.4 Å². The van der Waals surface area contributed by atoms with E-state index in [9.17, 15) is 22.8 Å². The lowest BCUT2D eigenvalue weighted by molar-refractivity contribution is -0.120. The Bertz CT molecular complexity index is 977. The number of halogens is 3. The zero-order valence-corrected chi connectivity index (χ0v) is 16.9. The zero-order chi connectivity index (χ0) is 23.0. The van der Waals surface area contributed by atoms with Gasteiger partial charge in [0.25, 0.3) is 11.8 Å². The summed E-state index contributed by atoms with van der Waals surface area (Å²) in [5, 5.41) is 5.48. The number of hydrogen-bond acceptors (Lipinski definition) is 6. The molecule has 2 rings (SSSR count). The van der Waals surface area contributed by atoms with Crippen LogP contribution in [-0.2, 0) is 4.79 Å². The molecule has 0 unspecified atom stereocenters. The summed E-state index contributed by atoms with van der Waals surface area (Å²) in [6.07, 6.45) is -4.83. The highest BCUT2D eigenvalue weighted by molar-refractivity contribution is 6.05. The third-order valence-electron chi connectivity index (χ3n) is 3.96. The summed E-state index contributed by atoms with van der Waals surface area (Å²) in [6.45, 7) is -0.597. The highest BCUT2D eigenvalue weighted by atomic mass is 19.4. The molecule has 0 fully saturated rings. The summed E-state index contributed by atoms with van der Waals surface area (Å²) < 4.78 is 55.1. The molecule has 0 spiro atoms. The van der Waals surface area contributed by atoms with E-state index < -0.39 is 30.2 Å². The predicted octanol–water partition coefficient (Wildman–Crippen LogP) is 2.53. The second-order valence-electron chi connectivity index (χ2n) is 5.98. The van der Waals surface area contributed by atoms with Gasteiger partial charge in [0.05, 0.1) is 27.9 Å². The van der Waals surface area contributed by atoms with Gasteiger partial charge in [0.2, 0.25) is 0 Å². The highest BCUT2D eigenvalue weighted by Crippen LogP contribution is 2.27. The van der Waals surface area contributed by atoms with E-state index in [1.807, 2.05) is 0 Å². The third-order valence-corrected chi connectivity index (χ3v) is 3.96. The molecule has 2 amide bonds. The lowest BCUT2D eigenvalue weighted by Gasteiger charge is -2.12. The van der Waals surface area contributed by atoms with Crippen molar-refractivity contribution in [1.82, 2.24) is 10.7 Å². The summed E-state index contributed by atoms with van der Waals surface area (Å²) in [7, 11) is 4.14. The van der Waals surface area contributed by atoms with Crippen molar-refractivity contribution < 1.29 is 37.0 Å². The van der Waals surface area contributed by atoms with Gasteiger partial charge in [-0.3, -0.25) is 9.59 Å². The minimum absolute atomic E-state index is 0.168. The molecule has 11 heteroatoms.